The molecule has 8 aliphatic carbocycles. The molecule has 15 aliphatic rings. The summed E-state index contributed by atoms with van der Waals surface area (Å²) in [6.07, 6.45) is -47.0. The fraction of sp³-hybridized carbons (Fsp3) is 0.927. The molecular weight excluding hydrogens is 1640 g/mol. The van der Waals surface area contributed by atoms with Crippen molar-refractivity contribution in [2.75, 3.05) is 46.2 Å². The third-order valence-electron chi connectivity index (χ3n) is 32.1. The van der Waals surface area contributed by atoms with Crippen molar-refractivity contribution in [1.82, 2.24) is 0 Å². The van der Waals surface area contributed by atoms with Gasteiger partial charge < -0.3 is 194 Å². The number of ether oxygens (including phenoxy) is 14. The Bertz CT molecular complexity index is 3660. The Hall–Kier alpha value is -3.06. The predicted octanol–water partition coefficient (Wildman–Crippen LogP) is -8.05. The molecule has 7 heterocycles. The molecule has 0 aromatic carbocycles. The van der Waals surface area contributed by atoms with Crippen LogP contribution in [-0.2, 0) is 75.9 Å². The maximum absolute atomic E-state index is 14.3. The zero-order valence-corrected chi connectivity index (χ0v) is 69.3. The number of carbonyl (C=O) groups is 2. The quantitative estimate of drug-likeness (QED) is 0.0288. The largest absolute Gasteiger partial charge is 0.432 e. The van der Waals surface area contributed by atoms with Crippen LogP contribution in [-0.4, -0.2) is 412 Å². The summed E-state index contributed by atoms with van der Waals surface area (Å²) in [7, 11) is 0. The third kappa shape index (κ3) is 16.4. The fourth-order valence-corrected chi connectivity index (χ4v) is 25.5. The highest BCUT2D eigenvalue weighted by Crippen LogP contribution is 2.76. The van der Waals surface area contributed by atoms with Crippen molar-refractivity contribution in [1.29, 1.82) is 0 Å². The molecule has 7 aliphatic heterocycles. The van der Waals surface area contributed by atoms with Crippen molar-refractivity contribution < 1.29 is 204 Å². The van der Waals surface area contributed by atoms with Crippen LogP contribution in [0, 0.1) is 56.2 Å². The van der Waals surface area contributed by atoms with Crippen molar-refractivity contribution in [3.63, 3.8) is 0 Å². The standard InChI is InChI=1S/C44H70O23.C38H60O18/c1-17-11-43-9-5-22-41(2,7-4-8-42(22,3)40(59)66-38-33(58)30(55)26(51)20(14-47)62-38)23(43)6-10-44(17,16-43)67-39-35(65-37-32(57)29(54)25(50)19(13-46)61-37)34(27(52)21(15-48)63-39)64-36-31(56)28(53)24(49)18(12-45)60-36;1-16-11-37-9-5-20-35(2,7-4-8-36(20,3)34(50)55-32-29(49)26(46)23(43)18(13-40)52-32)21(37)6-10-38(16,15-37)56-33-30(27(47)24(44)19(14-41)53-33)54-31-28(48)25(45)22(42)17(12-39)51-31/h18-39,45-58H,1,4-16H2,2-3H3;17-33,39-49H,1,4-15H2,2-3H3/t18-,19+,20?,21-,22+,23?,24?,25-,26-,27?,28?,29?,30+,31-,32?,33?,34?,35-,36+,37+,38+,39+,41-,42-,43-,44+;17-,18?,19+,20-,21?,22+,23+,24?,25?,26-,27?,28?,29?,30+,31-,32-,33-,35+,36+,37+,38-/m10/s1. The van der Waals surface area contributed by atoms with Gasteiger partial charge in [-0.15, -0.1) is 0 Å². The van der Waals surface area contributed by atoms with Crippen molar-refractivity contribution in [2.24, 2.45) is 56.2 Å². The fourth-order valence-electron chi connectivity index (χ4n) is 25.5. The van der Waals surface area contributed by atoms with Crippen molar-refractivity contribution in [3.05, 3.63) is 24.3 Å². The number of hydrogen-bond donors (Lipinski definition) is 25. The molecule has 2 spiro atoms. The van der Waals surface area contributed by atoms with Gasteiger partial charge in [0.1, 0.15) is 171 Å². The number of rotatable bonds is 21. The molecule has 0 radical (unpaired) electrons. The number of aliphatic hydroxyl groups is 25. The minimum absolute atomic E-state index is 0.0251. The lowest BCUT2D eigenvalue weighted by atomic mass is 9.41. The van der Waals surface area contributed by atoms with Crippen LogP contribution in [0.2, 0.25) is 0 Å². The predicted molar refractivity (Wildman–Crippen MR) is 405 cm³/mol. The zero-order valence-electron chi connectivity index (χ0n) is 69.3. The van der Waals surface area contributed by atoms with E-state index in [4.69, 9.17) is 66.3 Å². The first-order valence-corrected chi connectivity index (χ1v) is 43.2. The molecule has 47 atom stereocenters. The van der Waals surface area contributed by atoms with Crippen LogP contribution in [0.15, 0.2) is 24.3 Å². The van der Waals surface area contributed by atoms with Crippen LogP contribution in [0.4, 0.5) is 0 Å². The summed E-state index contributed by atoms with van der Waals surface area (Å²) >= 11 is 0. The van der Waals surface area contributed by atoms with Gasteiger partial charge in [-0.1, -0.05) is 39.8 Å². The summed E-state index contributed by atoms with van der Waals surface area (Å²) in [5, 5.41) is 262. The second-order valence-electron chi connectivity index (χ2n) is 38.8. The van der Waals surface area contributed by atoms with E-state index in [1.54, 1.807) is 0 Å². The van der Waals surface area contributed by atoms with Crippen molar-refractivity contribution in [3.8, 4) is 0 Å². The summed E-state index contributed by atoms with van der Waals surface area (Å²) in [5.41, 5.74) is -4.13. The number of hydrogen-bond acceptors (Lipinski definition) is 41. The van der Waals surface area contributed by atoms with Crippen LogP contribution < -0.4 is 0 Å². The van der Waals surface area contributed by atoms with Gasteiger partial charge in [-0.3, -0.25) is 9.59 Å². The van der Waals surface area contributed by atoms with Crippen molar-refractivity contribution >= 4 is 11.9 Å². The summed E-state index contributed by atoms with van der Waals surface area (Å²) in [6, 6.07) is 0. The van der Waals surface area contributed by atoms with Gasteiger partial charge in [0.05, 0.1) is 68.3 Å². The van der Waals surface area contributed by atoms with Gasteiger partial charge in [0.15, 0.2) is 31.5 Å². The van der Waals surface area contributed by atoms with Crippen LogP contribution >= 0.6 is 0 Å². The zero-order chi connectivity index (χ0) is 89.4. The summed E-state index contributed by atoms with van der Waals surface area (Å²) < 4.78 is 83.8. The van der Waals surface area contributed by atoms with Crippen LogP contribution in [0.25, 0.3) is 0 Å². The van der Waals surface area contributed by atoms with E-state index < -0.39 is 306 Å². The minimum Gasteiger partial charge on any atom is -0.432 e. The second-order valence-corrected chi connectivity index (χ2v) is 38.8. The first kappa shape index (κ1) is 96.0. The van der Waals surface area contributed by atoms with Gasteiger partial charge >= 0.3 is 11.9 Å². The lowest BCUT2D eigenvalue weighted by Crippen LogP contribution is -2.68. The average Bonchev–Trinajstić information content (AvgIpc) is 1.52. The third-order valence-corrected chi connectivity index (χ3v) is 32.1. The number of fused-ring (bicyclic) bond motifs is 6. The Labute approximate surface area is 709 Å². The molecule has 704 valence electrons. The maximum atomic E-state index is 14.3. The second kappa shape index (κ2) is 36.5. The molecule has 123 heavy (non-hydrogen) atoms. The summed E-state index contributed by atoms with van der Waals surface area (Å²) in [6.45, 7) is 11.9. The Balaban J connectivity index is 0.000000204. The molecule has 16 unspecified atom stereocenters. The molecule has 7 saturated heterocycles. The number of carbonyl (C=O) groups excluding carboxylic acids is 2. The normalized spacial score (nSPS) is 54.6. The molecule has 41 heteroatoms. The smallest absolute Gasteiger partial charge is 0.314 e. The van der Waals surface area contributed by atoms with Gasteiger partial charge in [-0.05, 0) is 173 Å². The molecule has 0 aromatic heterocycles. The van der Waals surface area contributed by atoms with Gasteiger partial charge in [-0.2, -0.15) is 0 Å². The molecule has 4 bridgehead atoms. The van der Waals surface area contributed by atoms with Crippen LogP contribution in [0.5, 0.6) is 0 Å². The number of aliphatic hydroxyl groups excluding tert-OH is 25. The maximum Gasteiger partial charge on any atom is 0.314 e. The van der Waals surface area contributed by atoms with Crippen molar-refractivity contribution in [2.45, 2.75) is 369 Å². The first-order valence-electron chi connectivity index (χ1n) is 43.2. The van der Waals surface area contributed by atoms with Crippen LogP contribution in [0.1, 0.15) is 143 Å². The van der Waals surface area contributed by atoms with E-state index in [1.165, 1.54) is 0 Å². The van der Waals surface area contributed by atoms with E-state index in [1.807, 2.05) is 13.8 Å². The highest BCUT2D eigenvalue weighted by molar-refractivity contribution is 5.78. The minimum atomic E-state index is -1.95. The van der Waals surface area contributed by atoms with E-state index in [2.05, 4.69) is 27.0 Å². The molecule has 15 rings (SSSR count). The molecule has 15 fully saturated rings. The first-order chi connectivity index (χ1) is 58.0. The van der Waals surface area contributed by atoms with E-state index in [0.717, 1.165) is 24.8 Å². The van der Waals surface area contributed by atoms with E-state index >= 15 is 0 Å². The Morgan fingerprint density at radius 3 is 0.911 bits per heavy atom. The molecule has 0 aromatic rings. The van der Waals surface area contributed by atoms with Gasteiger partial charge in [0.2, 0.25) is 12.6 Å². The molecule has 25 N–H and O–H groups in total. The van der Waals surface area contributed by atoms with E-state index in [-0.39, 0.29) is 34.5 Å². The highest BCUT2D eigenvalue weighted by atomic mass is 16.8. The lowest BCUT2D eigenvalue weighted by molar-refractivity contribution is -0.400. The van der Waals surface area contributed by atoms with Gasteiger partial charge in [0, 0.05) is 0 Å². The molecule has 8 saturated carbocycles. The number of esters is 2. The van der Waals surface area contributed by atoms with E-state index in [9.17, 15) is 137 Å². The van der Waals surface area contributed by atoms with Gasteiger partial charge in [0.25, 0.3) is 0 Å². The Morgan fingerprint density at radius 1 is 0.309 bits per heavy atom. The summed E-state index contributed by atoms with van der Waals surface area (Å²) in [4.78, 5) is 28.4. The SMILES string of the molecule is C=C1C[C@@]23CC[C@@H]4[C@](C)(C(=O)O[C@@H]5OC(CO)[C@@H](O)[C@H](O)C5O)CCC[C@@]4(C)C2CC[C@]1(O[C@@H]1O[C@H](CO)C(O)C(O)[C@H]1O[C@@H]1O[C@@H](CO)[C@@H](O)C(O)C1O)C3.C=C1C[C@@]23CC[C@@H]4[C@](C)(C(=O)O[C@@H]5OC(CO)[C@@H](O)[C@H](O)C5O)CCC[C@@]4(C)C2CC[C@]1(O[C@@H]1O[C@H](CO)C(O)C(O[C@@H]2O[C@H](CO)C(O)C(O)[C@H]2O)[C@H]1O[C@@H]1O[C@@H](CO)[C@@H](O)C(O)C1O)C3. The summed E-state index contributed by atoms with van der Waals surface area (Å²) in [5.74, 6) is -1.40. The van der Waals surface area contributed by atoms with Gasteiger partial charge in [-0.25, -0.2) is 0 Å². The topological polar surface area (TPSA) is 669 Å². The molecular formula is C82H130O41. The monoisotopic (exact) mass is 1770 g/mol. The van der Waals surface area contributed by atoms with Crippen LogP contribution in [0.3, 0.4) is 0 Å². The Kier molecular flexibility index (Phi) is 28.5. The average molecular weight is 1770 g/mol. The lowest BCUT2D eigenvalue weighted by Gasteiger charge is -2.64. The highest BCUT2D eigenvalue weighted by Gasteiger charge is 2.73. The molecule has 0 amide bonds. The molecule has 41 nitrogen and oxygen atoms in total. The Morgan fingerprint density at radius 2 is 0.577 bits per heavy atom. The van der Waals surface area contributed by atoms with E-state index in [0.29, 0.717) is 102 Å².